The first-order valence-electron chi connectivity index (χ1n) is 10.6. The smallest absolute Gasteiger partial charge is 0.329 e. The van der Waals surface area contributed by atoms with E-state index in [9.17, 15) is 19.2 Å². The van der Waals surface area contributed by atoms with Gasteiger partial charge in [0.1, 0.15) is 6.04 Å². The van der Waals surface area contributed by atoms with E-state index < -0.39 is 30.4 Å². The Morgan fingerprint density at radius 1 is 0.853 bits per heavy atom. The highest BCUT2D eigenvalue weighted by Gasteiger charge is 2.26. The van der Waals surface area contributed by atoms with Gasteiger partial charge in [0.25, 0.3) is 11.8 Å². The molecule has 2 rings (SSSR count). The van der Waals surface area contributed by atoms with Crippen LogP contribution in [0.15, 0.2) is 48.5 Å². The van der Waals surface area contributed by atoms with Gasteiger partial charge in [-0.2, -0.15) is 0 Å². The molecule has 10 heteroatoms. The Morgan fingerprint density at radius 3 is 2.15 bits per heavy atom. The zero-order valence-corrected chi connectivity index (χ0v) is 19.5. The second-order valence-electron chi connectivity index (χ2n) is 7.63. The summed E-state index contributed by atoms with van der Waals surface area (Å²) in [4.78, 5) is 49.0. The van der Waals surface area contributed by atoms with Crippen molar-refractivity contribution in [2.24, 2.45) is 5.92 Å². The zero-order chi connectivity index (χ0) is 25.1. The molecule has 0 aliphatic heterocycles. The van der Waals surface area contributed by atoms with Crippen LogP contribution in [0.1, 0.15) is 29.8 Å². The quantitative estimate of drug-likeness (QED) is 0.352. The van der Waals surface area contributed by atoms with Crippen molar-refractivity contribution in [3.05, 3.63) is 59.7 Å². The van der Waals surface area contributed by atoms with Gasteiger partial charge in [-0.05, 0) is 29.7 Å². The molecular weight excluding hydrogens is 442 g/mol. The molecule has 3 N–H and O–H groups in total. The molecule has 10 nitrogen and oxygen atoms in total. The monoisotopic (exact) mass is 471 g/mol. The molecule has 0 spiro atoms. The predicted molar refractivity (Wildman–Crippen MR) is 123 cm³/mol. The summed E-state index contributed by atoms with van der Waals surface area (Å²) in [6.45, 7) is 2.86. The predicted octanol–water partition coefficient (Wildman–Crippen LogP) is 1.39. The maximum absolute atomic E-state index is 12.4. The fourth-order valence-corrected chi connectivity index (χ4v) is 2.94. The number of hydrogen-bond donors (Lipinski definition) is 3. The lowest BCUT2D eigenvalue weighted by molar-refractivity contribution is -0.152. The third kappa shape index (κ3) is 7.80. The highest BCUT2D eigenvalue weighted by Crippen LogP contribution is 2.27. The number of hydrogen-bond acceptors (Lipinski definition) is 7. The lowest BCUT2D eigenvalue weighted by Crippen LogP contribution is -2.48. The van der Waals surface area contributed by atoms with Gasteiger partial charge in [0.05, 0.1) is 20.6 Å². The van der Waals surface area contributed by atoms with Gasteiger partial charge in [-0.3, -0.25) is 25.2 Å². The largest absolute Gasteiger partial charge is 0.493 e. The van der Waals surface area contributed by atoms with E-state index >= 15 is 0 Å². The lowest BCUT2D eigenvalue weighted by Gasteiger charge is -2.20. The number of amides is 3. The van der Waals surface area contributed by atoms with Crippen LogP contribution >= 0.6 is 0 Å². The van der Waals surface area contributed by atoms with E-state index in [1.54, 1.807) is 19.9 Å². The van der Waals surface area contributed by atoms with Crippen LogP contribution in [0.2, 0.25) is 0 Å². The van der Waals surface area contributed by atoms with Crippen molar-refractivity contribution in [3.63, 3.8) is 0 Å². The molecule has 0 aliphatic rings. The van der Waals surface area contributed by atoms with Crippen molar-refractivity contribution in [3.8, 4) is 11.5 Å². The molecule has 0 saturated heterocycles. The maximum atomic E-state index is 12.4. The minimum absolute atomic E-state index is 0.111. The van der Waals surface area contributed by atoms with Crippen molar-refractivity contribution in [1.82, 2.24) is 16.2 Å². The molecule has 0 aliphatic carbocycles. The molecule has 0 bridgehead atoms. The number of methoxy groups -OCH3 is 2. The van der Waals surface area contributed by atoms with Crippen LogP contribution in [0.4, 0.5) is 0 Å². The number of ether oxygens (including phenoxy) is 3. The molecule has 0 fully saturated rings. The van der Waals surface area contributed by atoms with Crippen LogP contribution in [0.3, 0.4) is 0 Å². The molecule has 34 heavy (non-hydrogen) atoms. The van der Waals surface area contributed by atoms with Crippen molar-refractivity contribution in [2.75, 3.05) is 20.8 Å². The first-order valence-corrected chi connectivity index (χ1v) is 10.6. The number of rotatable bonds is 10. The lowest BCUT2D eigenvalue weighted by atomic mass is 10.0. The first kappa shape index (κ1) is 26.2. The summed E-state index contributed by atoms with van der Waals surface area (Å²) in [7, 11) is 2.90. The summed E-state index contributed by atoms with van der Waals surface area (Å²) >= 11 is 0. The molecule has 1 atom stereocenters. The minimum atomic E-state index is -0.926. The number of carbonyl (C=O) groups is 4. The molecule has 0 unspecified atom stereocenters. The third-order valence-corrected chi connectivity index (χ3v) is 4.75. The average molecular weight is 472 g/mol. The fourth-order valence-electron chi connectivity index (χ4n) is 2.94. The third-order valence-electron chi connectivity index (χ3n) is 4.75. The van der Waals surface area contributed by atoms with Crippen LogP contribution in [-0.2, 0) is 25.5 Å². The molecule has 0 aromatic heterocycles. The summed E-state index contributed by atoms with van der Waals surface area (Å²) in [5.41, 5.74) is 5.42. The summed E-state index contributed by atoms with van der Waals surface area (Å²) in [5, 5.41) is 2.64. The number of benzene rings is 2. The maximum Gasteiger partial charge on any atom is 0.329 e. The number of nitrogens with one attached hydrogen (secondary N) is 3. The summed E-state index contributed by atoms with van der Waals surface area (Å²) in [6, 6.07) is 12.7. The number of hydrazine groups is 1. The zero-order valence-electron chi connectivity index (χ0n) is 19.5. The van der Waals surface area contributed by atoms with Gasteiger partial charge in [-0.1, -0.05) is 44.2 Å². The van der Waals surface area contributed by atoms with Crippen molar-refractivity contribution in [2.45, 2.75) is 26.3 Å². The molecule has 0 heterocycles. The van der Waals surface area contributed by atoms with Crippen LogP contribution < -0.4 is 25.6 Å². The van der Waals surface area contributed by atoms with Gasteiger partial charge in [0.15, 0.2) is 18.1 Å². The van der Waals surface area contributed by atoms with E-state index in [2.05, 4.69) is 16.2 Å². The van der Waals surface area contributed by atoms with Crippen LogP contribution in [0.25, 0.3) is 0 Å². The topological polar surface area (TPSA) is 132 Å². The van der Waals surface area contributed by atoms with E-state index in [1.807, 2.05) is 30.3 Å². The van der Waals surface area contributed by atoms with Gasteiger partial charge in [0, 0.05) is 5.56 Å². The van der Waals surface area contributed by atoms with Gasteiger partial charge in [0.2, 0.25) is 5.91 Å². The van der Waals surface area contributed by atoms with E-state index in [0.717, 1.165) is 5.56 Å². The van der Waals surface area contributed by atoms with Gasteiger partial charge in [-0.15, -0.1) is 0 Å². The highest BCUT2D eigenvalue weighted by atomic mass is 16.5. The van der Waals surface area contributed by atoms with Crippen LogP contribution in [0.5, 0.6) is 11.5 Å². The number of carbonyl (C=O) groups excluding carboxylic acids is 4. The average Bonchev–Trinajstić information content (AvgIpc) is 2.84. The molecule has 3 amide bonds. The van der Waals surface area contributed by atoms with Crippen LogP contribution in [0, 0.1) is 5.92 Å². The molecular formula is C24H29N3O7. The Morgan fingerprint density at radius 2 is 1.53 bits per heavy atom. The molecule has 2 aromatic rings. The van der Waals surface area contributed by atoms with E-state index in [4.69, 9.17) is 14.2 Å². The van der Waals surface area contributed by atoms with Gasteiger partial charge in [-0.25, -0.2) is 4.79 Å². The van der Waals surface area contributed by atoms with E-state index in [1.165, 1.54) is 26.4 Å². The van der Waals surface area contributed by atoms with Gasteiger partial charge < -0.3 is 19.5 Å². The van der Waals surface area contributed by atoms with Crippen molar-refractivity contribution >= 4 is 23.7 Å². The Labute approximate surface area is 197 Å². The van der Waals surface area contributed by atoms with Gasteiger partial charge >= 0.3 is 5.97 Å². The Hall–Kier alpha value is -4.08. The Balaban J connectivity index is 1.83. The van der Waals surface area contributed by atoms with E-state index in [-0.39, 0.29) is 23.8 Å². The van der Waals surface area contributed by atoms with E-state index in [0.29, 0.717) is 11.5 Å². The van der Waals surface area contributed by atoms with Crippen molar-refractivity contribution < 1.29 is 33.4 Å². The van der Waals surface area contributed by atoms with Crippen molar-refractivity contribution in [1.29, 1.82) is 0 Å². The molecule has 0 saturated carbocycles. The Bertz CT molecular complexity index is 1010. The second-order valence-corrected chi connectivity index (χ2v) is 7.63. The first-order chi connectivity index (χ1) is 16.2. The number of esters is 1. The molecule has 0 radical (unpaired) electrons. The fraction of sp³-hybridized carbons (Fsp3) is 0.333. The minimum Gasteiger partial charge on any atom is -0.493 e. The Kier molecular flexibility index (Phi) is 9.88. The standard InChI is InChI=1S/C24H29N3O7/c1-15(2)22(25-20(28)12-16-8-6-5-7-9-16)24(31)34-14-21(29)26-27-23(30)17-10-11-18(32-3)19(13-17)33-4/h5-11,13,15,22H,12,14H2,1-4H3,(H,25,28)(H,26,29)(H,27,30)/t22-/m0/s1. The normalized spacial score (nSPS) is 11.2. The van der Waals surface area contributed by atoms with Crippen LogP contribution in [-0.4, -0.2) is 50.6 Å². The second kappa shape index (κ2) is 12.8. The summed E-state index contributed by atoms with van der Waals surface area (Å²) in [5.74, 6) is -1.91. The highest BCUT2D eigenvalue weighted by molar-refractivity contribution is 5.96. The summed E-state index contributed by atoms with van der Waals surface area (Å²) in [6.07, 6.45) is 0.111. The SMILES string of the molecule is COc1ccc(C(=O)NNC(=O)COC(=O)[C@@H](NC(=O)Cc2ccccc2)C(C)C)cc1OC. The summed E-state index contributed by atoms with van der Waals surface area (Å²) < 4.78 is 15.3. The molecule has 2 aromatic carbocycles. The molecule has 182 valence electrons.